The van der Waals surface area contributed by atoms with E-state index in [-0.39, 0.29) is 24.0 Å². The number of anilines is 1. The minimum absolute atomic E-state index is 0.00189. The molecule has 0 unspecified atom stereocenters. The van der Waals surface area contributed by atoms with E-state index in [0.29, 0.717) is 12.2 Å². The van der Waals surface area contributed by atoms with Gasteiger partial charge in [-0.1, -0.05) is 17.2 Å². The minimum Gasteiger partial charge on any atom is -0.394 e. The average molecular weight is 353 g/mol. The van der Waals surface area contributed by atoms with E-state index in [0.717, 1.165) is 0 Å². The number of nitrogens with one attached hydrogen (secondary N) is 2. The number of amides is 2. The van der Waals surface area contributed by atoms with E-state index in [1.165, 1.54) is 0 Å². The summed E-state index contributed by atoms with van der Waals surface area (Å²) < 4.78 is 9.63. The van der Waals surface area contributed by atoms with Gasteiger partial charge in [-0.3, -0.25) is 9.59 Å². The van der Waals surface area contributed by atoms with Crippen LogP contribution in [0.3, 0.4) is 0 Å². The van der Waals surface area contributed by atoms with Crippen molar-refractivity contribution in [2.45, 2.75) is 32.2 Å². The molecule has 4 N–H and O–H groups in total. The van der Waals surface area contributed by atoms with Crippen molar-refractivity contribution >= 4 is 17.6 Å². The van der Waals surface area contributed by atoms with Crippen LogP contribution in [0, 0.1) is 6.92 Å². The smallest absolute Gasteiger partial charge is 0.315 e. The lowest BCUT2D eigenvalue weighted by molar-refractivity contribution is -0.115. The van der Waals surface area contributed by atoms with Crippen molar-refractivity contribution in [1.29, 1.82) is 0 Å². The van der Waals surface area contributed by atoms with Crippen molar-refractivity contribution in [2.75, 3.05) is 18.5 Å². The van der Waals surface area contributed by atoms with Crippen LogP contribution < -0.4 is 10.6 Å². The molecule has 0 aromatic carbocycles. The molecule has 0 saturated heterocycles. The quantitative estimate of drug-likeness (QED) is 0.485. The molecule has 25 heavy (non-hydrogen) atoms. The molecule has 2 heterocycles. The number of aliphatic hydroxyl groups is 2. The molecule has 0 aliphatic rings. The zero-order chi connectivity index (χ0) is 18.4. The summed E-state index contributed by atoms with van der Waals surface area (Å²) in [6.07, 6.45) is 0.0634. The van der Waals surface area contributed by atoms with Crippen LogP contribution in [-0.4, -0.2) is 56.1 Å². The lowest BCUT2D eigenvalue weighted by atomic mass is 9.98. The summed E-state index contributed by atoms with van der Waals surface area (Å²) in [7, 11) is 0. The van der Waals surface area contributed by atoms with Crippen molar-refractivity contribution in [3.8, 4) is 0 Å². The molecular weight excluding hydrogens is 334 g/mol. The highest BCUT2D eigenvalue weighted by atomic mass is 16.5. The van der Waals surface area contributed by atoms with Crippen molar-refractivity contribution in [2.24, 2.45) is 0 Å². The first-order valence-electron chi connectivity index (χ1n) is 7.51. The van der Waals surface area contributed by atoms with Gasteiger partial charge < -0.3 is 29.9 Å². The number of nitrogens with zero attached hydrogens (tertiary/aromatic N) is 3. The van der Waals surface area contributed by atoms with Gasteiger partial charge in [0.1, 0.15) is 5.76 Å². The van der Waals surface area contributed by atoms with Gasteiger partial charge in [-0.2, -0.15) is 4.98 Å². The predicted molar refractivity (Wildman–Crippen MR) is 82.5 cm³/mol. The van der Waals surface area contributed by atoms with Gasteiger partial charge in [-0.25, -0.2) is 0 Å². The largest absolute Gasteiger partial charge is 0.394 e. The number of aromatic nitrogens is 3. The van der Waals surface area contributed by atoms with Crippen molar-refractivity contribution in [3.63, 3.8) is 0 Å². The van der Waals surface area contributed by atoms with Gasteiger partial charge in [0.15, 0.2) is 11.6 Å². The number of aliphatic hydroxyl groups excluding tert-OH is 2. The standard InChI is InChI=1S/C14H19N5O6/c1-3-14(6-20,7-21)17-12(23)13-16-10(19-25-13)5-11(22)15-9-4-8(2)24-18-9/h4,20-21H,3,5-7H2,1-2H3,(H,17,23)(H,15,18,22). The van der Waals surface area contributed by atoms with Crippen molar-refractivity contribution in [3.05, 3.63) is 23.5 Å². The monoisotopic (exact) mass is 353 g/mol. The van der Waals surface area contributed by atoms with Gasteiger partial charge in [0, 0.05) is 6.07 Å². The summed E-state index contributed by atoms with van der Waals surface area (Å²) in [6, 6.07) is 1.54. The summed E-state index contributed by atoms with van der Waals surface area (Å²) in [6.45, 7) is 2.47. The van der Waals surface area contributed by atoms with Crippen LogP contribution in [0.2, 0.25) is 0 Å². The summed E-state index contributed by atoms with van der Waals surface area (Å²) in [5, 5.41) is 30.8. The van der Waals surface area contributed by atoms with Gasteiger partial charge in [0.2, 0.25) is 5.91 Å². The fourth-order valence-electron chi connectivity index (χ4n) is 1.91. The van der Waals surface area contributed by atoms with Crippen LogP contribution >= 0.6 is 0 Å². The average Bonchev–Trinajstić information content (AvgIpc) is 3.22. The highest BCUT2D eigenvalue weighted by molar-refractivity contribution is 5.92. The lowest BCUT2D eigenvalue weighted by Crippen LogP contribution is -2.53. The van der Waals surface area contributed by atoms with Crippen LogP contribution in [0.25, 0.3) is 0 Å². The zero-order valence-corrected chi connectivity index (χ0v) is 13.8. The molecule has 0 bridgehead atoms. The van der Waals surface area contributed by atoms with E-state index in [4.69, 9.17) is 9.05 Å². The summed E-state index contributed by atoms with van der Waals surface area (Å²) in [5.74, 6) is -0.799. The zero-order valence-electron chi connectivity index (χ0n) is 13.8. The number of rotatable bonds is 8. The SMILES string of the molecule is CCC(CO)(CO)NC(=O)c1nc(CC(=O)Nc2cc(C)on2)no1. The summed E-state index contributed by atoms with van der Waals surface area (Å²) >= 11 is 0. The number of aryl methyl sites for hydroxylation is 1. The Morgan fingerprint density at radius 3 is 2.52 bits per heavy atom. The third kappa shape index (κ3) is 4.61. The first-order valence-corrected chi connectivity index (χ1v) is 7.51. The topological polar surface area (TPSA) is 164 Å². The number of carbonyl (C=O) groups excluding carboxylic acids is 2. The van der Waals surface area contributed by atoms with Crippen LogP contribution in [0.15, 0.2) is 15.1 Å². The number of carbonyl (C=O) groups is 2. The molecule has 2 aromatic heterocycles. The molecule has 11 heteroatoms. The molecule has 0 saturated carbocycles. The Hall–Kier alpha value is -2.79. The highest BCUT2D eigenvalue weighted by Gasteiger charge is 2.31. The molecule has 2 aromatic rings. The molecule has 0 fully saturated rings. The van der Waals surface area contributed by atoms with E-state index >= 15 is 0 Å². The van der Waals surface area contributed by atoms with E-state index < -0.39 is 30.6 Å². The van der Waals surface area contributed by atoms with E-state index in [1.54, 1.807) is 19.9 Å². The van der Waals surface area contributed by atoms with Crippen LogP contribution in [0.4, 0.5) is 5.82 Å². The number of hydrogen-bond donors (Lipinski definition) is 4. The van der Waals surface area contributed by atoms with Crippen LogP contribution in [0.5, 0.6) is 0 Å². The molecule has 0 aliphatic carbocycles. The fourth-order valence-corrected chi connectivity index (χ4v) is 1.91. The molecule has 11 nitrogen and oxygen atoms in total. The molecule has 136 valence electrons. The molecule has 0 atom stereocenters. The van der Waals surface area contributed by atoms with Crippen LogP contribution in [-0.2, 0) is 11.2 Å². The fraction of sp³-hybridized carbons (Fsp3) is 0.500. The van der Waals surface area contributed by atoms with Gasteiger partial charge in [-0.15, -0.1) is 0 Å². The summed E-state index contributed by atoms with van der Waals surface area (Å²) in [4.78, 5) is 27.8. The maximum atomic E-state index is 12.1. The van der Waals surface area contributed by atoms with Gasteiger partial charge in [0.25, 0.3) is 0 Å². The Balaban J connectivity index is 1.97. The second-order valence-corrected chi connectivity index (χ2v) is 5.47. The molecular formula is C14H19N5O6. The molecule has 0 radical (unpaired) electrons. The molecule has 2 rings (SSSR count). The maximum Gasteiger partial charge on any atom is 0.315 e. The maximum absolute atomic E-state index is 12.1. The minimum atomic E-state index is -1.19. The normalized spacial score (nSPS) is 11.4. The first kappa shape index (κ1) is 18.5. The highest BCUT2D eigenvalue weighted by Crippen LogP contribution is 2.11. The molecule has 0 spiro atoms. The Morgan fingerprint density at radius 2 is 1.96 bits per heavy atom. The van der Waals surface area contributed by atoms with Crippen molar-refractivity contribution in [1.82, 2.24) is 20.6 Å². The van der Waals surface area contributed by atoms with Gasteiger partial charge in [0.05, 0.1) is 25.2 Å². The van der Waals surface area contributed by atoms with Gasteiger partial charge >= 0.3 is 11.8 Å². The Labute approximate surface area is 142 Å². The molecule has 0 aliphatic heterocycles. The first-order chi connectivity index (χ1) is 11.9. The second-order valence-electron chi connectivity index (χ2n) is 5.47. The van der Waals surface area contributed by atoms with Crippen LogP contribution in [0.1, 0.15) is 35.6 Å². The third-order valence-electron chi connectivity index (χ3n) is 3.54. The van der Waals surface area contributed by atoms with Gasteiger partial charge in [-0.05, 0) is 13.3 Å². The van der Waals surface area contributed by atoms with E-state index in [1.807, 2.05) is 0 Å². The van der Waals surface area contributed by atoms with Crippen molar-refractivity contribution < 1.29 is 28.8 Å². The predicted octanol–water partition coefficient (Wildman–Crippen LogP) is -0.590. The second kappa shape index (κ2) is 7.85. The van der Waals surface area contributed by atoms with E-state index in [9.17, 15) is 19.8 Å². The lowest BCUT2D eigenvalue weighted by Gasteiger charge is -2.28. The number of hydrogen-bond acceptors (Lipinski definition) is 9. The van der Waals surface area contributed by atoms with E-state index in [2.05, 4.69) is 25.9 Å². The Morgan fingerprint density at radius 1 is 1.24 bits per heavy atom. The Kier molecular flexibility index (Phi) is 5.83. The Bertz CT molecular complexity index is 727. The summed E-state index contributed by atoms with van der Waals surface area (Å²) in [5.41, 5.74) is -1.19. The molecule has 2 amide bonds. The third-order valence-corrected chi connectivity index (χ3v) is 3.54.